The molecule has 1 aliphatic rings. The van der Waals surface area contributed by atoms with E-state index in [-0.39, 0.29) is 5.91 Å². The van der Waals surface area contributed by atoms with E-state index in [1.807, 2.05) is 29.2 Å². The molecule has 0 aromatic heterocycles. The lowest BCUT2D eigenvalue weighted by molar-refractivity contribution is -0.127. The predicted molar refractivity (Wildman–Crippen MR) is 73.0 cm³/mol. The number of benzene rings is 1. The molecule has 1 amide bonds. The maximum Gasteiger partial charge on any atom is 0.223 e. The van der Waals surface area contributed by atoms with E-state index in [1.165, 1.54) is 5.56 Å². The highest BCUT2D eigenvalue weighted by Crippen LogP contribution is 2.17. The van der Waals surface area contributed by atoms with Crippen molar-refractivity contribution in [2.45, 2.75) is 13.0 Å². The van der Waals surface area contributed by atoms with Crippen molar-refractivity contribution in [2.24, 2.45) is 5.92 Å². The van der Waals surface area contributed by atoms with Crippen LogP contribution < -0.4 is 5.32 Å². The minimum absolute atomic E-state index is 0.251. The van der Waals surface area contributed by atoms with Crippen LogP contribution in [0.2, 0.25) is 0 Å². The Balaban J connectivity index is 1.67. The first kappa shape index (κ1) is 12.8. The molecule has 96 valence electrons. The fraction of sp³-hybridized carbons (Fsp3) is 0.400. The van der Waals surface area contributed by atoms with E-state index >= 15 is 0 Å². The van der Waals surface area contributed by atoms with Crippen LogP contribution in [0.1, 0.15) is 12.0 Å². The Morgan fingerprint density at radius 2 is 2.17 bits per heavy atom. The van der Waals surface area contributed by atoms with E-state index in [4.69, 9.17) is 0 Å². The van der Waals surface area contributed by atoms with Crippen molar-refractivity contribution >= 4 is 5.91 Å². The van der Waals surface area contributed by atoms with Gasteiger partial charge in [0.15, 0.2) is 0 Å². The molecule has 0 saturated carbocycles. The van der Waals surface area contributed by atoms with Gasteiger partial charge in [-0.15, -0.1) is 6.58 Å². The smallest absolute Gasteiger partial charge is 0.223 e. The predicted octanol–water partition coefficient (Wildman–Crippen LogP) is 1.81. The molecule has 1 aromatic carbocycles. The zero-order chi connectivity index (χ0) is 12.8. The summed E-state index contributed by atoms with van der Waals surface area (Å²) >= 11 is 0. The van der Waals surface area contributed by atoms with Gasteiger partial charge in [0.2, 0.25) is 5.91 Å². The Labute approximate surface area is 108 Å². The summed E-state index contributed by atoms with van der Waals surface area (Å²) in [7, 11) is 0. The quantitative estimate of drug-likeness (QED) is 0.611. The summed E-state index contributed by atoms with van der Waals surface area (Å²) in [6, 6.07) is 10.3. The SMILES string of the molecule is C=CC1CC(=O)N(CCNCc2ccccc2)C1. The topological polar surface area (TPSA) is 32.3 Å². The molecule has 1 saturated heterocycles. The number of carbonyl (C=O) groups is 1. The Kier molecular flexibility index (Phi) is 4.53. The van der Waals surface area contributed by atoms with Crippen LogP contribution in [-0.4, -0.2) is 30.4 Å². The molecule has 1 N–H and O–H groups in total. The molecule has 0 bridgehead atoms. The molecule has 1 aliphatic heterocycles. The second-order valence-electron chi connectivity index (χ2n) is 4.70. The number of hydrogen-bond donors (Lipinski definition) is 1. The molecular formula is C15H20N2O. The fourth-order valence-electron chi connectivity index (χ4n) is 2.22. The van der Waals surface area contributed by atoms with Crippen molar-refractivity contribution < 1.29 is 4.79 Å². The van der Waals surface area contributed by atoms with Crippen LogP contribution >= 0.6 is 0 Å². The molecule has 3 heteroatoms. The second-order valence-corrected chi connectivity index (χ2v) is 4.70. The van der Waals surface area contributed by atoms with Gasteiger partial charge in [0, 0.05) is 38.5 Å². The molecule has 1 atom stereocenters. The Morgan fingerprint density at radius 3 is 2.83 bits per heavy atom. The zero-order valence-corrected chi connectivity index (χ0v) is 10.6. The molecule has 1 unspecified atom stereocenters. The van der Waals surface area contributed by atoms with Crippen LogP contribution in [0.15, 0.2) is 43.0 Å². The lowest BCUT2D eigenvalue weighted by Crippen LogP contribution is -2.33. The molecule has 1 fully saturated rings. The fourth-order valence-corrected chi connectivity index (χ4v) is 2.22. The molecule has 0 radical (unpaired) electrons. The van der Waals surface area contributed by atoms with E-state index in [0.717, 1.165) is 26.2 Å². The van der Waals surface area contributed by atoms with Gasteiger partial charge in [-0.2, -0.15) is 0 Å². The Bertz CT molecular complexity index is 402. The first-order valence-corrected chi connectivity index (χ1v) is 6.44. The zero-order valence-electron chi connectivity index (χ0n) is 10.6. The monoisotopic (exact) mass is 244 g/mol. The van der Waals surface area contributed by atoms with Crippen LogP contribution in [0.4, 0.5) is 0 Å². The van der Waals surface area contributed by atoms with Gasteiger partial charge in [0.05, 0.1) is 0 Å². The Morgan fingerprint density at radius 1 is 1.39 bits per heavy atom. The van der Waals surface area contributed by atoms with Gasteiger partial charge in [-0.1, -0.05) is 36.4 Å². The lowest BCUT2D eigenvalue weighted by atomic mass is 10.1. The largest absolute Gasteiger partial charge is 0.341 e. The minimum Gasteiger partial charge on any atom is -0.341 e. The van der Waals surface area contributed by atoms with E-state index < -0.39 is 0 Å². The van der Waals surface area contributed by atoms with Crippen LogP contribution in [0.5, 0.6) is 0 Å². The third-order valence-electron chi connectivity index (χ3n) is 3.31. The van der Waals surface area contributed by atoms with Crippen molar-refractivity contribution in [2.75, 3.05) is 19.6 Å². The summed E-state index contributed by atoms with van der Waals surface area (Å²) in [5.41, 5.74) is 1.27. The average molecular weight is 244 g/mol. The van der Waals surface area contributed by atoms with E-state index in [9.17, 15) is 4.79 Å². The highest BCUT2D eigenvalue weighted by Gasteiger charge is 2.26. The molecule has 18 heavy (non-hydrogen) atoms. The second kappa shape index (κ2) is 6.36. The number of amides is 1. The van der Waals surface area contributed by atoms with E-state index in [2.05, 4.69) is 24.0 Å². The first-order valence-electron chi connectivity index (χ1n) is 6.44. The normalized spacial score (nSPS) is 19.2. The van der Waals surface area contributed by atoms with Gasteiger partial charge in [0.1, 0.15) is 0 Å². The van der Waals surface area contributed by atoms with Gasteiger partial charge in [-0.3, -0.25) is 4.79 Å². The number of nitrogens with zero attached hydrogens (tertiary/aromatic N) is 1. The Hall–Kier alpha value is -1.61. The number of carbonyl (C=O) groups excluding carboxylic acids is 1. The average Bonchev–Trinajstić information content (AvgIpc) is 2.77. The summed E-state index contributed by atoms with van der Waals surface area (Å²) in [6.45, 7) is 7.06. The molecule has 1 heterocycles. The highest BCUT2D eigenvalue weighted by atomic mass is 16.2. The van der Waals surface area contributed by atoms with Crippen molar-refractivity contribution in [3.63, 3.8) is 0 Å². The van der Waals surface area contributed by atoms with Crippen LogP contribution in [-0.2, 0) is 11.3 Å². The molecule has 3 nitrogen and oxygen atoms in total. The van der Waals surface area contributed by atoms with Gasteiger partial charge >= 0.3 is 0 Å². The lowest BCUT2D eigenvalue weighted by Gasteiger charge is -2.16. The third kappa shape index (κ3) is 3.44. The van der Waals surface area contributed by atoms with Gasteiger partial charge in [0.25, 0.3) is 0 Å². The molecule has 1 aromatic rings. The standard InChI is InChI=1S/C15H20N2O/c1-2-13-10-15(18)17(12-13)9-8-16-11-14-6-4-3-5-7-14/h2-7,13,16H,1,8-12H2. The maximum atomic E-state index is 11.7. The van der Waals surface area contributed by atoms with Crippen molar-refractivity contribution in [3.8, 4) is 0 Å². The van der Waals surface area contributed by atoms with Crippen LogP contribution in [0.3, 0.4) is 0 Å². The third-order valence-corrected chi connectivity index (χ3v) is 3.31. The van der Waals surface area contributed by atoms with Crippen molar-refractivity contribution in [1.82, 2.24) is 10.2 Å². The molecule has 0 spiro atoms. The van der Waals surface area contributed by atoms with Gasteiger partial charge < -0.3 is 10.2 Å². The summed E-state index contributed by atoms with van der Waals surface area (Å²) in [6.07, 6.45) is 2.51. The number of nitrogens with one attached hydrogen (secondary N) is 1. The van der Waals surface area contributed by atoms with Crippen LogP contribution in [0, 0.1) is 5.92 Å². The van der Waals surface area contributed by atoms with E-state index in [1.54, 1.807) is 0 Å². The number of rotatable bonds is 6. The number of hydrogen-bond acceptors (Lipinski definition) is 2. The summed E-state index contributed by atoms with van der Waals surface area (Å²) in [4.78, 5) is 13.6. The van der Waals surface area contributed by atoms with Crippen LogP contribution in [0.25, 0.3) is 0 Å². The number of likely N-dealkylation sites (tertiary alicyclic amines) is 1. The summed E-state index contributed by atoms with van der Waals surface area (Å²) in [5, 5.41) is 3.36. The molecular weight excluding hydrogens is 224 g/mol. The van der Waals surface area contributed by atoms with Crippen molar-refractivity contribution in [1.29, 1.82) is 0 Å². The van der Waals surface area contributed by atoms with Gasteiger partial charge in [-0.05, 0) is 5.56 Å². The first-order chi connectivity index (χ1) is 8.79. The van der Waals surface area contributed by atoms with Crippen molar-refractivity contribution in [3.05, 3.63) is 48.6 Å². The maximum absolute atomic E-state index is 11.7. The molecule has 0 aliphatic carbocycles. The highest BCUT2D eigenvalue weighted by molar-refractivity contribution is 5.78. The van der Waals surface area contributed by atoms with E-state index in [0.29, 0.717) is 12.3 Å². The summed E-state index contributed by atoms with van der Waals surface area (Å²) in [5.74, 6) is 0.591. The van der Waals surface area contributed by atoms with Gasteiger partial charge in [-0.25, -0.2) is 0 Å². The molecule has 2 rings (SSSR count). The summed E-state index contributed by atoms with van der Waals surface area (Å²) < 4.78 is 0. The minimum atomic E-state index is 0.251.